The van der Waals surface area contributed by atoms with Crippen molar-refractivity contribution in [1.82, 2.24) is 15.1 Å². The average molecular weight is 311 g/mol. The number of hydrogen-bond acceptors (Lipinski definition) is 5. The van der Waals surface area contributed by atoms with Crippen molar-refractivity contribution in [3.8, 4) is 17.3 Å². The van der Waals surface area contributed by atoms with Crippen LogP contribution >= 0.6 is 0 Å². The summed E-state index contributed by atoms with van der Waals surface area (Å²) in [7, 11) is 0. The first-order valence-corrected chi connectivity index (χ1v) is 7.78. The van der Waals surface area contributed by atoms with Crippen molar-refractivity contribution < 1.29 is 9.26 Å². The smallest absolute Gasteiger partial charge is 0.232 e. The van der Waals surface area contributed by atoms with Crippen LogP contribution < -0.4 is 4.74 Å². The third-order valence-electron chi connectivity index (χ3n) is 3.60. The first-order chi connectivity index (χ1) is 10.9. The Labute approximate surface area is 135 Å². The van der Waals surface area contributed by atoms with E-state index in [1.807, 2.05) is 58.9 Å². The van der Waals surface area contributed by atoms with Gasteiger partial charge >= 0.3 is 0 Å². The van der Waals surface area contributed by atoms with Gasteiger partial charge in [-0.2, -0.15) is 4.98 Å². The Morgan fingerprint density at radius 3 is 2.61 bits per heavy atom. The Balaban J connectivity index is 2.19. The number of hydrogen-bond donors (Lipinski definition) is 0. The number of benzene rings is 1. The number of ether oxygens (including phenoxy) is 1. The molecule has 0 aliphatic heterocycles. The molecule has 1 aromatic carbocycles. The van der Waals surface area contributed by atoms with E-state index < -0.39 is 0 Å². The highest BCUT2D eigenvalue weighted by atomic mass is 16.5. The molecule has 0 fully saturated rings. The summed E-state index contributed by atoms with van der Waals surface area (Å²) in [5.74, 6) is 1.64. The van der Waals surface area contributed by atoms with Gasteiger partial charge in [-0.15, -0.1) is 0 Å². The van der Waals surface area contributed by atoms with Crippen LogP contribution in [0.3, 0.4) is 0 Å². The quantitative estimate of drug-likeness (QED) is 0.722. The van der Waals surface area contributed by atoms with Crippen molar-refractivity contribution in [3.63, 3.8) is 0 Å². The molecule has 0 N–H and O–H groups in total. The van der Waals surface area contributed by atoms with Crippen LogP contribution in [0.2, 0.25) is 0 Å². The summed E-state index contributed by atoms with van der Waals surface area (Å²) >= 11 is 0. The zero-order valence-electron chi connectivity index (χ0n) is 14.2. The highest BCUT2D eigenvalue weighted by Gasteiger charge is 2.24. The number of nitrogens with zero attached hydrogens (tertiary/aromatic N) is 3. The lowest BCUT2D eigenvalue weighted by Crippen LogP contribution is -2.11. The minimum absolute atomic E-state index is 0.197. The predicted octanol–water partition coefficient (Wildman–Crippen LogP) is 4.29. The summed E-state index contributed by atoms with van der Waals surface area (Å²) in [5, 5.41) is 5.15. The molecule has 2 aromatic heterocycles. The van der Waals surface area contributed by atoms with Gasteiger partial charge in [0.1, 0.15) is 0 Å². The van der Waals surface area contributed by atoms with Crippen LogP contribution in [-0.2, 0) is 5.41 Å². The number of aromatic nitrogens is 3. The highest BCUT2D eigenvalue weighted by Crippen LogP contribution is 2.32. The molecule has 3 rings (SSSR count). The summed E-state index contributed by atoms with van der Waals surface area (Å²) < 4.78 is 11.1. The SMILES string of the molecule is CCOc1nc2c(C)cccc2cc1-c1noc(C(C)(C)C)n1. The number of fused-ring (bicyclic) bond motifs is 1. The molecule has 0 saturated heterocycles. The molecular weight excluding hydrogens is 290 g/mol. The average Bonchev–Trinajstić information content (AvgIpc) is 2.98. The van der Waals surface area contributed by atoms with Gasteiger partial charge in [-0.05, 0) is 25.5 Å². The van der Waals surface area contributed by atoms with E-state index in [0.29, 0.717) is 24.2 Å². The van der Waals surface area contributed by atoms with E-state index in [-0.39, 0.29) is 5.41 Å². The van der Waals surface area contributed by atoms with Gasteiger partial charge in [0.15, 0.2) is 0 Å². The van der Waals surface area contributed by atoms with Gasteiger partial charge in [0, 0.05) is 10.8 Å². The second kappa shape index (κ2) is 5.65. The first-order valence-electron chi connectivity index (χ1n) is 7.78. The van der Waals surface area contributed by atoms with E-state index >= 15 is 0 Å². The maximum atomic E-state index is 5.72. The summed E-state index contributed by atoms with van der Waals surface area (Å²) in [6.45, 7) is 10.6. The maximum Gasteiger partial charge on any atom is 0.232 e. The highest BCUT2D eigenvalue weighted by molar-refractivity contribution is 5.87. The molecule has 0 radical (unpaired) electrons. The van der Waals surface area contributed by atoms with E-state index in [1.54, 1.807) is 0 Å². The van der Waals surface area contributed by atoms with Crippen LogP contribution in [-0.4, -0.2) is 21.7 Å². The number of para-hydroxylation sites is 1. The van der Waals surface area contributed by atoms with E-state index in [4.69, 9.17) is 9.26 Å². The Bertz CT molecular complexity index is 847. The van der Waals surface area contributed by atoms with Gasteiger partial charge in [-0.25, -0.2) is 4.98 Å². The van der Waals surface area contributed by atoms with Crippen LogP contribution in [0.25, 0.3) is 22.3 Å². The van der Waals surface area contributed by atoms with Gasteiger partial charge in [0.2, 0.25) is 17.6 Å². The predicted molar refractivity (Wildman–Crippen MR) is 89.6 cm³/mol. The number of pyridine rings is 1. The maximum absolute atomic E-state index is 5.72. The van der Waals surface area contributed by atoms with Crippen molar-refractivity contribution >= 4 is 10.9 Å². The van der Waals surface area contributed by atoms with Crippen molar-refractivity contribution in [1.29, 1.82) is 0 Å². The molecule has 0 aliphatic carbocycles. The molecule has 0 amide bonds. The summed E-state index contributed by atoms with van der Waals surface area (Å²) in [6.07, 6.45) is 0. The van der Waals surface area contributed by atoms with E-state index in [9.17, 15) is 0 Å². The van der Waals surface area contributed by atoms with Crippen molar-refractivity contribution in [2.75, 3.05) is 6.61 Å². The fourth-order valence-corrected chi connectivity index (χ4v) is 2.37. The van der Waals surface area contributed by atoms with E-state index in [1.165, 1.54) is 0 Å². The molecule has 0 aliphatic rings. The summed E-state index contributed by atoms with van der Waals surface area (Å²) in [5.41, 5.74) is 2.60. The second-order valence-electron chi connectivity index (χ2n) is 6.59. The van der Waals surface area contributed by atoms with Crippen LogP contribution in [0.15, 0.2) is 28.8 Å². The molecule has 0 bridgehead atoms. The molecule has 3 aromatic rings. The Kier molecular flexibility index (Phi) is 3.80. The van der Waals surface area contributed by atoms with Crippen molar-refractivity contribution in [2.45, 2.75) is 40.0 Å². The van der Waals surface area contributed by atoms with Gasteiger partial charge < -0.3 is 9.26 Å². The van der Waals surface area contributed by atoms with Crippen molar-refractivity contribution in [2.24, 2.45) is 0 Å². The lowest BCUT2D eigenvalue weighted by atomic mass is 9.97. The minimum atomic E-state index is -0.197. The molecular formula is C18H21N3O2. The first kappa shape index (κ1) is 15.5. The molecule has 5 heteroatoms. The fraction of sp³-hybridized carbons (Fsp3) is 0.389. The normalized spacial score (nSPS) is 11.9. The standard InChI is InChI=1S/C18H21N3O2/c1-6-22-16-13(15-20-17(23-21-15)18(3,4)5)10-12-9-7-8-11(2)14(12)19-16/h7-10H,6H2,1-5H3. The van der Waals surface area contributed by atoms with Crippen LogP contribution in [0.4, 0.5) is 0 Å². The molecule has 120 valence electrons. The third-order valence-corrected chi connectivity index (χ3v) is 3.60. The molecule has 2 heterocycles. The fourth-order valence-electron chi connectivity index (χ4n) is 2.37. The Hall–Kier alpha value is -2.43. The summed E-state index contributed by atoms with van der Waals surface area (Å²) in [4.78, 5) is 9.19. The van der Waals surface area contributed by atoms with Crippen LogP contribution in [0.1, 0.15) is 39.1 Å². The zero-order valence-corrected chi connectivity index (χ0v) is 14.2. The minimum Gasteiger partial charge on any atom is -0.477 e. The van der Waals surface area contributed by atoms with Gasteiger partial charge in [-0.1, -0.05) is 44.1 Å². The molecule has 0 saturated carbocycles. The van der Waals surface area contributed by atoms with Gasteiger partial charge in [0.25, 0.3) is 0 Å². The van der Waals surface area contributed by atoms with Crippen molar-refractivity contribution in [3.05, 3.63) is 35.7 Å². The zero-order chi connectivity index (χ0) is 16.6. The topological polar surface area (TPSA) is 61.0 Å². The van der Waals surface area contributed by atoms with E-state index in [2.05, 4.69) is 15.1 Å². The van der Waals surface area contributed by atoms with E-state index in [0.717, 1.165) is 22.0 Å². The third kappa shape index (κ3) is 2.91. The largest absolute Gasteiger partial charge is 0.477 e. The van der Waals surface area contributed by atoms with Gasteiger partial charge in [-0.3, -0.25) is 0 Å². The van der Waals surface area contributed by atoms with Gasteiger partial charge in [0.05, 0.1) is 17.7 Å². The Morgan fingerprint density at radius 2 is 1.96 bits per heavy atom. The second-order valence-corrected chi connectivity index (χ2v) is 6.59. The molecule has 0 atom stereocenters. The lowest BCUT2D eigenvalue weighted by molar-refractivity contribution is 0.319. The lowest BCUT2D eigenvalue weighted by Gasteiger charge is -2.11. The monoisotopic (exact) mass is 311 g/mol. The number of aryl methyl sites for hydroxylation is 1. The molecule has 23 heavy (non-hydrogen) atoms. The Morgan fingerprint density at radius 1 is 1.17 bits per heavy atom. The number of rotatable bonds is 3. The molecule has 0 spiro atoms. The van der Waals surface area contributed by atoms with Crippen LogP contribution in [0.5, 0.6) is 5.88 Å². The molecule has 0 unspecified atom stereocenters. The molecule has 5 nitrogen and oxygen atoms in total. The summed E-state index contributed by atoms with van der Waals surface area (Å²) in [6, 6.07) is 8.09. The van der Waals surface area contributed by atoms with Crippen LogP contribution in [0, 0.1) is 6.92 Å².